The van der Waals surface area contributed by atoms with Gasteiger partial charge in [0.1, 0.15) is 5.82 Å². The average Bonchev–Trinajstić information content (AvgIpc) is 2.49. The van der Waals surface area contributed by atoms with E-state index in [4.69, 9.17) is 4.74 Å². The molecule has 2 fully saturated rings. The molecule has 2 heterocycles. The third-order valence-electron chi connectivity index (χ3n) is 4.08. The summed E-state index contributed by atoms with van der Waals surface area (Å²) in [6.45, 7) is 5.37. The third kappa shape index (κ3) is 2.90. The number of morpholine rings is 1. The van der Waals surface area contributed by atoms with Gasteiger partial charge in [-0.25, -0.2) is 4.39 Å². The second-order valence-electron chi connectivity index (χ2n) is 5.35. The van der Waals surface area contributed by atoms with Crippen LogP contribution in [0.25, 0.3) is 0 Å². The minimum absolute atomic E-state index is 0.127. The summed E-state index contributed by atoms with van der Waals surface area (Å²) in [7, 11) is 0. The summed E-state index contributed by atoms with van der Waals surface area (Å²) in [6, 6.07) is 5.23. The van der Waals surface area contributed by atoms with Crippen molar-refractivity contribution in [3.8, 4) is 0 Å². The van der Waals surface area contributed by atoms with E-state index in [1.165, 1.54) is 12.1 Å². The third-order valence-corrected chi connectivity index (χ3v) is 4.08. The number of rotatable bonds is 2. The van der Waals surface area contributed by atoms with Crippen molar-refractivity contribution in [3.05, 3.63) is 29.6 Å². The van der Waals surface area contributed by atoms with E-state index < -0.39 is 0 Å². The highest BCUT2D eigenvalue weighted by atomic mass is 19.1. The molecule has 1 unspecified atom stereocenters. The van der Waals surface area contributed by atoms with Gasteiger partial charge < -0.3 is 15.0 Å². The standard InChI is InChI=1S/C15H21FN2O/c16-13-3-4-15(18-6-8-19-9-7-18)14(10-13)12-2-1-5-17-11-12/h3-4,10,12,17H,1-2,5-9,11H2. The number of hydrogen-bond acceptors (Lipinski definition) is 3. The first-order valence-electron chi connectivity index (χ1n) is 7.17. The second-order valence-corrected chi connectivity index (χ2v) is 5.35. The first kappa shape index (κ1) is 12.9. The highest BCUT2D eigenvalue weighted by molar-refractivity contribution is 5.56. The molecule has 1 atom stereocenters. The first-order valence-corrected chi connectivity index (χ1v) is 7.17. The van der Waals surface area contributed by atoms with Crippen molar-refractivity contribution in [1.82, 2.24) is 5.32 Å². The van der Waals surface area contributed by atoms with Crippen LogP contribution in [0, 0.1) is 5.82 Å². The summed E-state index contributed by atoms with van der Waals surface area (Å²) in [5, 5.41) is 3.42. The Bertz CT molecular complexity index is 426. The van der Waals surface area contributed by atoms with E-state index in [1.54, 1.807) is 12.1 Å². The van der Waals surface area contributed by atoms with Gasteiger partial charge in [-0.05, 0) is 49.1 Å². The molecule has 19 heavy (non-hydrogen) atoms. The topological polar surface area (TPSA) is 24.5 Å². The van der Waals surface area contributed by atoms with Gasteiger partial charge in [-0.2, -0.15) is 0 Å². The van der Waals surface area contributed by atoms with Gasteiger partial charge in [-0.3, -0.25) is 0 Å². The van der Waals surface area contributed by atoms with Gasteiger partial charge in [-0.1, -0.05) is 0 Å². The summed E-state index contributed by atoms with van der Waals surface area (Å²) < 4.78 is 19.0. The van der Waals surface area contributed by atoms with E-state index >= 15 is 0 Å². The van der Waals surface area contributed by atoms with Gasteiger partial charge in [0, 0.05) is 25.3 Å². The van der Waals surface area contributed by atoms with Crippen LogP contribution >= 0.6 is 0 Å². The maximum atomic E-state index is 13.6. The molecule has 0 amide bonds. The van der Waals surface area contributed by atoms with E-state index in [0.717, 1.165) is 51.4 Å². The van der Waals surface area contributed by atoms with Crippen LogP contribution in [0.4, 0.5) is 10.1 Å². The van der Waals surface area contributed by atoms with Gasteiger partial charge in [0.05, 0.1) is 13.2 Å². The summed E-state index contributed by atoms with van der Waals surface area (Å²) >= 11 is 0. The molecule has 3 rings (SSSR count). The van der Waals surface area contributed by atoms with Crippen LogP contribution in [0.5, 0.6) is 0 Å². The fourth-order valence-electron chi connectivity index (χ4n) is 3.06. The molecule has 4 heteroatoms. The maximum absolute atomic E-state index is 13.6. The van der Waals surface area contributed by atoms with Crippen molar-refractivity contribution >= 4 is 5.69 Å². The molecule has 2 aliphatic rings. The van der Waals surface area contributed by atoms with Crippen molar-refractivity contribution in [3.63, 3.8) is 0 Å². The molecule has 2 aliphatic heterocycles. The minimum Gasteiger partial charge on any atom is -0.378 e. The number of anilines is 1. The Morgan fingerprint density at radius 1 is 1.26 bits per heavy atom. The zero-order valence-corrected chi connectivity index (χ0v) is 11.2. The average molecular weight is 264 g/mol. The van der Waals surface area contributed by atoms with Crippen molar-refractivity contribution < 1.29 is 9.13 Å². The zero-order valence-electron chi connectivity index (χ0n) is 11.2. The normalized spacial score (nSPS) is 24.5. The maximum Gasteiger partial charge on any atom is 0.123 e. The fourth-order valence-corrected chi connectivity index (χ4v) is 3.06. The smallest absolute Gasteiger partial charge is 0.123 e. The lowest BCUT2D eigenvalue weighted by atomic mass is 9.90. The van der Waals surface area contributed by atoms with Crippen LogP contribution in [0.2, 0.25) is 0 Å². The largest absolute Gasteiger partial charge is 0.378 e. The van der Waals surface area contributed by atoms with Crippen LogP contribution in [-0.2, 0) is 4.74 Å². The summed E-state index contributed by atoms with van der Waals surface area (Å²) in [5.74, 6) is 0.305. The summed E-state index contributed by atoms with van der Waals surface area (Å²) in [4.78, 5) is 2.33. The van der Waals surface area contributed by atoms with Gasteiger partial charge in [0.2, 0.25) is 0 Å². The Kier molecular flexibility index (Phi) is 3.99. The molecule has 1 N–H and O–H groups in total. The number of benzene rings is 1. The molecule has 2 saturated heterocycles. The van der Waals surface area contributed by atoms with Gasteiger partial charge in [-0.15, -0.1) is 0 Å². The molecule has 0 spiro atoms. The quantitative estimate of drug-likeness (QED) is 0.885. The molecule has 0 bridgehead atoms. The predicted octanol–water partition coefficient (Wildman–Crippen LogP) is 2.13. The Morgan fingerprint density at radius 2 is 2.11 bits per heavy atom. The summed E-state index contributed by atoms with van der Waals surface area (Å²) in [6.07, 6.45) is 2.32. The molecular formula is C15H21FN2O. The molecule has 0 saturated carbocycles. The van der Waals surface area contributed by atoms with Crippen LogP contribution in [0.3, 0.4) is 0 Å². The van der Waals surface area contributed by atoms with Crippen LogP contribution < -0.4 is 10.2 Å². The van der Waals surface area contributed by atoms with E-state index in [0.29, 0.717) is 5.92 Å². The van der Waals surface area contributed by atoms with E-state index in [9.17, 15) is 4.39 Å². The molecule has 0 aliphatic carbocycles. The van der Waals surface area contributed by atoms with Crippen LogP contribution in [0.15, 0.2) is 18.2 Å². The lowest BCUT2D eigenvalue weighted by Crippen LogP contribution is -2.37. The first-order chi connectivity index (χ1) is 9.34. The SMILES string of the molecule is Fc1ccc(N2CCOCC2)c(C2CCCNC2)c1. The molecule has 0 aromatic heterocycles. The van der Waals surface area contributed by atoms with Gasteiger partial charge in [0.25, 0.3) is 0 Å². The fraction of sp³-hybridized carbons (Fsp3) is 0.600. The number of ether oxygens (including phenoxy) is 1. The van der Waals surface area contributed by atoms with E-state index in [1.807, 2.05) is 6.07 Å². The summed E-state index contributed by atoms with van der Waals surface area (Å²) in [5.41, 5.74) is 2.35. The molecule has 104 valence electrons. The van der Waals surface area contributed by atoms with Crippen molar-refractivity contribution in [2.45, 2.75) is 18.8 Å². The molecular weight excluding hydrogens is 243 g/mol. The van der Waals surface area contributed by atoms with Crippen LogP contribution in [-0.4, -0.2) is 39.4 Å². The van der Waals surface area contributed by atoms with Crippen molar-refractivity contribution in [2.24, 2.45) is 0 Å². The van der Waals surface area contributed by atoms with E-state index in [2.05, 4.69) is 10.2 Å². The molecule has 0 radical (unpaired) electrons. The zero-order chi connectivity index (χ0) is 13.1. The number of piperidine rings is 1. The van der Waals surface area contributed by atoms with Crippen molar-refractivity contribution in [2.75, 3.05) is 44.3 Å². The second kappa shape index (κ2) is 5.88. The van der Waals surface area contributed by atoms with Crippen molar-refractivity contribution in [1.29, 1.82) is 0 Å². The Balaban J connectivity index is 1.88. The molecule has 3 nitrogen and oxygen atoms in total. The number of hydrogen-bond donors (Lipinski definition) is 1. The molecule has 1 aromatic rings. The monoisotopic (exact) mass is 264 g/mol. The lowest BCUT2D eigenvalue weighted by Gasteiger charge is -2.33. The highest BCUT2D eigenvalue weighted by Crippen LogP contribution is 2.32. The number of nitrogens with one attached hydrogen (secondary N) is 1. The van der Waals surface area contributed by atoms with Crippen LogP contribution in [0.1, 0.15) is 24.3 Å². The minimum atomic E-state index is -0.127. The van der Waals surface area contributed by atoms with Gasteiger partial charge >= 0.3 is 0 Å². The number of nitrogens with zero attached hydrogens (tertiary/aromatic N) is 1. The lowest BCUT2D eigenvalue weighted by molar-refractivity contribution is 0.122. The van der Waals surface area contributed by atoms with E-state index in [-0.39, 0.29) is 5.82 Å². The molecule has 1 aromatic carbocycles. The number of halogens is 1. The Morgan fingerprint density at radius 3 is 2.84 bits per heavy atom. The van der Waals surface area contributed by atoms with Gasteiger partial charge in [0.15, 0.2) is 0 Å². The Labute approximate surface area is 113 Å². The highest BCUT2D eigenvalue weighted by Gasteiger charge is 2.22. The predicted molar refractivity (Wildman–Crippen MR) is 74.3 cm³/mol. The Hall–Kier alpha value is -1.13.